The minimum absolute atomic E-state index is 0.243. The third-order valence-electron chi connectivity index (χ3n) is 2.39. The van der Waals surface area contributed by atoms with Gasteiger partial charge in [-0.15, -0.1) is 0 Å². The largest absolute Gasteiger partial charge is 0.354 e. The van der Waals surface area contributed by atoms with Crippen LogP contribution in [0.5, 0.6) is 0 Å². The quantitative estimate of drug-likeness (QED) is 0.617. The van der Waals surface area contributed by atoms with Gasteiger partial charge >= 0.3 is 0 Å². The van der Waals surface area contributed by atoms with Crippen molar-refractivity contribution in [2.24, 2.45) is 4.99 Å². The lowest BCUT2D eigenvalue weighted by molar-refractivity contribution is 0.502. The second-order valence-corrected chi connectivity index (χ2v) is 3.64. The third-order valence-corrected chi connectivity index (χ3v) is 2.39. The second-order valence-electron chi connectivity index (χ2n) is 3.64. The number of nitrogens with zero attached hydrogens (tertiary/aromatic N) is 2. The molecule has 0 saturated carbocycles. The van der Waals surface area contributed by atoms with Crippen LogP contribution >= 0.6 is 0 Å². The van der Waals surface area contributed by atoms with Gasteiger partial charge in [0.25, 0.3) is 0 Å². The van der Waals surface area contributed by atoms with E-state index in [2.05, 4.69) is 4.99 Å². The highest BCUT2D eigenvalue weighted by Crippen LogP contribution is 2.06. The zero-order valence-corrected chi connectivity index (χ0v) is 9.79. The van der Waals surface area contributed by atoms with E-state index < -0.39 is 0 Å². The van der Waals surface area contributed by atoms with Crippen LogP contribution in [0, 0.1) is 11.2 Å². The molecule has 1 rings (SSSR count). The number of rotatable bonds is 3. The molecule has 0 atom stereocenters. The Balaban J connectivity index is 2.68. The molecule has 1 aromatic carbocycles. The molecule has 86 valence electrons. The molecule has 1 aromatic rings. The summed E-state index contributed by atoms with van der Waals surface area (Å²) >= 11 is 0. The Morgan fingerprint density at radius 3 is 2.44 bits per heavy atom. The van der Waals surface area contributed by atoms with Crippen molar-refractivity contribution in [1.82, 2.24) is 4.90 Å². The van der Waals surface area contributed by atoms with Gasteiger partial charge in [0.2, 0.25) is 0 Å². The molecular formula is C12H16FN3. The first kappa shape index (κ1) is 12.4. The van der Waals surface area contributed by atoms with Crippen LogP contribution in [-0.2, 0) is 6.54 Å². The second kappa shape index (κ2) is 5.39. The van der Waals surface area contributed by atoms with Gasteiger partial charge in [-0.2, -0.15) is 0 Å². The summed E-state index contributed by atoms with van der Waals surface area (Å²) in [6.07, 6.45) is 0. The lowest BCUT2D eigenvalue weighted by Gasteiger charge is -2.19. The molecule has 0 amide bonds. The van der Waals surface area contributed by atoms with Crippen LogP contribution in [0.2, 0.25) is 0 Å². The third kappa shape index (κ3) is 3.15. The van der Waals surface area contributed by atoms with E-state index in [0.717, 1.165) is 5.56 Å². The van der Waals surface area contributed by atoms with Crippen molar-refractivity contribution in [3.05, 3.63) is 35.6 Å². The normalized spacial score (nSPS) is 11.4. The van der Waals surface area contributed by atoms with E-state index in [0.29, 0.717) is 18.1 Å². The van der Waals surface area contributed by atoms with Gasteiger partial charge in [-0.3, -0.25) is 10.4 Å². The molecule has 0 spiro atoms. The summed E-state index contributed by atoms with van der Waals surface area (Å²) in [4.78, 5) is 5.73. The fourth-order valence-electron chi connectivity index (χ4n) is 1.32. The average Bonchev–Trinajstić information content (AvgIpc) is 2.30. The van der Waals surface area contributed by atoms with Crippen molar-refractivity contribution in [3.8, 4) is 0 Å². The van der Waals surface area contributed by atoms with E-state index in [1.165, 1.54) is 12.1 Å². The molecule has 4 heteroatoms. The van der Waals surface area contributed by atoms with Crippen molar-refractivity contribution < 1.29 is 4.39 Å². The van der Waals surface area contributed by atoms with Gasteiger partial charge in [0.15, 0.2) is 0 Å². The summed E-state index contributed by atoms with van der Waals surface area (Å²) in [7, 11) is 3.48. The highest BCUT2D eigenvalue weighted by Gasteiger charge is 2.07. The molecule has 0 radical (unpaired) electrons. The van der Waals surface area contributed by atoms with Crippen molar-refractivity contribution in [1.29, 1.82) is 5.41 Å². The van der Waals surface area contributed by atoms with E-state index in [1.807, 2.05) is 7.05 Å². The van der Waals surface area contributed by atoms with Gasteiger partial charge in [0, 0.05) is 20.6 Å². The summed E-state index contributed by atoms with van der Waals surface area (Å²) in [5.74, 6) is 0.139. The molecule has 0 fully saturated rings. The number of halogens is 1. The minimum Gasteiger partial charge on any atom is -0.354 e. The molecular weight excluding hydrogens is 205 g/mol. The van der Waals surface area contributed by atoms with Gasteiger partial charge in [0.05, 0.1) is 5.71 Å². The summed E-state index contributed by atoms with van der Waals surface area (Å²) < 4.78 is 12.7. The molecule has 1 N–H and O–H groups in total. The van der Waals surface area contributed by atoms with Crippen LogP contribution in [0.15, 0.2) is 29.3 Å². The Bertz CT molecular complexity index is 395. The van der Waals surface area contributed by atoms with Crippen molar-refractivity contribution >= 4 is 11.5 Å². The number of aliphatic imine (C=N–C) groups is 1. The van der Waals surface area contributed by atoms with E-state index in [9.17, 15) is 4.39 Å². The number of benzene rings is 1. The molecule has 0 aliphatic heterocycles. The first-order chi connectivity index (χ1) is 7.54. The van der Waals surface area contributed by atoms with Crippen molar-refractivity contribution in [2.75, 3.05) is 14.1 Å². The summed E-state index contributed by atoms with van der Waals surface area (Å²) in [6.45, 7) is 2.37. The Morgan fingerprint density at radius 2 is 1.94 bits per heavy atom. The van der Waals surface area contributed by atoms with Gasteiger partial charge < -0.3 is 4.90 Å². The predicted octanol–water partition coefficient (Wildman–Crippen LogP) is 2.33. The first-order valence-corrected chi connectivity index (χ1v) is 5.02. The Hall–Kier alpha value is -1.71. The van der Waals surface area contributed by atoms with Crippen LogP contribution in [0.4, 0.5) is 4.39 Å². The lowest BCUT2D eigenvalue weighted by Crippen LogP contribution is -2.30. The number of hydrogen-bond donors (Lipinski definition) is 1. The molecule has 0 aliphatic rings. The smallest absolute Gasteiger partial charge is 0.142 e. The molecule has 0 saturated heterocycles. The molecule has 3 nitrogen and oxygen atoms in total. The zero-order chi connectivity index (χ0) is 12.1. The maximum atomic E-state index is 12.7. The summed E-state index contributed by atoms with van der Waals surface area (Å²) in [5.41, 5.74) is 1.65. The molecule has 0 aliphatic carbocycles. The Kier molecular flexibility index (Phi) is 4.17. The van der Waals surface area contributed by atoms with Crippen LogP contribution < -0.4 is 0 Å². The number of nitrogens with one attached hydrogen (secondary N) is 1. The van der Waals surface area contributed by atoms with Gasteiger partial charge in [-0.25, -0.2) is 4.39 Å². The Morgan fingerprint density at radius 1 is 1.38 bits per heavy atom. The molecule has 0 bridgehead atoms. The maximum absolute atomic E-state index is 12.7. The Labute approximate surface area is 95.1 Å². The first-order valence-electron chi connectivity index (χ1n) is 5.02. The average molecular weight is 221 g/mol. The van der Waals surface area contributed by atoms with E-state index in [-0.39, 0.29) is 5.82 Å². The molecule has 0 aromatic heterocycles. The standard InChI is InChI=1S/C12H16FN3/c1-9(15-2)12(14)16(3)8-10-4-6-11(13)7-5-10/h4-7,14H,8H2,1-3H3. The molecule has 16 heavy (non-hydrogen) atoms. The van der Waals surface area contributed by atoms with Crippen LogP contribution in [0.1, 0.15) is 12.5 Å². The summed E-state index contributed by atoms with van der Waals surface area (Å²) in [5, 5.41) is 7.81. The molecule has 0 heterocycles. The van der Waals surface area contributed by atoms with E-state index in [1.54, 1.807) is 31.0 Å². The van der Waals surface area contributed by atoms with Crippen molar-refractivity contribution in [2.45, 2.75) is 13.5 Å². The van der Waals surface area contributed by atoms with Gasteiger partial charge in [0.1, 0.15) is 11.7 Å². The summed E-state index contributed by atoms with van der Waals surface area (Å²) in [6, 6.07) is 6.29. The highest BCUT2D eigenvalue weighted by molar-refractivity contribution is 6.39. The van der Waals surface area contributed by atoms with Crippen LogP contribution in [-0.4, -0.2) is 30.5 Å². The number of hydrogen-bond acceptors (Lipinski definition) is 2. The van der Waals surface area contributed by atoms with Gasteiger partial charge in [-0.05, 0) is 24.6 Å². The van der Waals surface area contributed by atoms with Crippen LogP contribution in [0.25, 0.3) is 0 Å². The SMILES string of the molecule is CN=C(C)C(=N)N(C)Cc1ccc(F)cc1. The fraction of sp³-hybridized carbons (Fsp3) is 0.333. The monoisotopic (exact) mass is 221 g/mol. The number of amidine groups is 1. The van der Waals surface area contributed by atoms with E-state index >= 15 is 0 Å². The minimum atomic E-state index is -0.243. The van der Waals surface area contributed by atoms with E-state index in [4.69, 9.17) is 5.41 Å². The lowest BCUT2D eigenvalue weighted by atomic mass is 10.2. The fourth-order valence-corrected chi connectivity index (χ4v) is 1.32. The van der Waals surface area contributed by atoms with Crippen molar-refractivity contribution in [3.63, 3.8) is 0 Å². The zero-order valence-electron chi connectivity index (χ0n) is 9.79. The topological polar surface area (TPSA) is 39.5 Å². The molecule has 0 unspecified atom stereocenters. The predicted molar refractivity (Wildman–Crippen MR) is 64.6 cm³/mol. The highest BCUT2D eigenvalue weighted by atomic mass is 19.1. The van der Waals surface area contributed by atoms with Gasteiger partial charge in [-0.1, -0.05) is 12.1 Å². The maximum Gasteiger partial charge on any atom is 0.142 e. The van der Waals surface area contributed by atoms with Crippen LogP contribution in [0.3, 0.4) is 0 Å².